The van der Waals surface area contributed by atoms with Crippen LogP contribution < -0.4 is 5.32 Å². The number of aromatic nitrogens is 3. The molecule has 106 valence electrons. The highest BCUT2D eigenvalue weighted by molar-refractivity contribution is 5.82. The minimum absolute atomic E-state index is 0.284. The van der Waals surface area contributed by atoms with Crippen LogP contribution in [0.25, 0.3) is 11.4 Å². The lowest BCUT2D eigenvalue weighted by molar-refractivity contribution is -0.141. The van der Waals surface area contributed by atoms with E-state index in [0.717, 1.165) is 17.1 Å². The van der Waals surface area contributed by atoms with Crippen LogP contribution in [-0.4, -0.2) is 34.3 Å². The van der Waals surface area contributed by atoms with Gasteiger partial charge in [0.2, 0.25) is 0 Å². The number of nitrogens with one attached hydrogen (secondary N) is 2. The zero-order valence-electron chi connectivity index (χ0n) is 11.8. The standard InChI is InChI=1S/C14H18N4O2/c1-4-11(14(19)20-3)16-12-8-6-5-7-10(12)13-15-9(2)17-18-13/h5-8,11,16H,4H2,1-3H3,(H,15,17,18). The van der Waals surface area contributed by atoms with Gasteiger partial charge in [-0.1, -0.05) is 19.1 Å². The summed E-state index contributed by atoms with van der Waals surface area (Å²) in [5.41, 5.74) is 1.66. The van der Waals surface area contributed by atoms with Crippen LogP contribution >= 0.6 is 0 Å². The number of anilines is 1. The number of nitrogens with zero attached hydrogens (tertiary/aromatic N) is 2. The topological polar surface area (TPSA) is 79.9 Å². The fourth-order valence-electron chi connectivity index (χ4n) is 1.92. The smallest absolute Gasteiger partial charge is 0.328 e. The van der Waals surface area contributed by atoms with Crippen molar-refractivity contribution in [3.63, 3.8) is 0 Å². The molecule has 6 nitrogen and oxygen atoms in total. The van der Waals surface area contributed by atoms with E-state index in [4.69, 9.17) is 4.74 Å². The molecule has 1 unspecified atom stereocenters. The highest BCUT2D eigenvalue weighted by atomic mass is 16.5. The van der Waals surface area contributed by atoms with Gasteiger partial charge in [0.25, 0.3) is 0 Å². The minimum atomic E-state index is -0.388. The van der Waals surface area contributed by atoms with Crippen LogP contribution in [0.1, 0.15) is 19.2 Å². The number of aryl methyl sites for hydroxylation is 1. The number of carbonyl (C=O) groups is 1. The fourth-order valence-corrected chi connectivity index (χ4v) is 1.92. The molecule has 0 saturated carbocycles. The lowest BCUT2D eigenvalue weighted by atomic mass is 10.1. The molecule has 1 aromatic carbocycles. The van der Waals surface area contributed by atoms with Gasteiger partial charge in [-0.05, 0) is 25.5 Å². The van der Waals surface area contributed by atoms with Gasteiger partial charge in [-0.15, -0.1) is 0 Å². The van der Waals surface area contributed by atoms with Gasteiger partial charge in [0.1, 0.15) is 11.9 Å². The van der Waals surface area contributed by atoms with Gasteiger partial charge in [0.15, 0.2) is 5.82 Å². The summed E-state index contributed by atoms with van der Waals surface area (Å²) in [7, 11) is 1.39. The molecule has 0 radical (unpaired) electrons. The quantitative estimate of drug-likeness (QED) is 0.817. The summed E-state index contributed by atoms with van der Waals surface area (Å²) in [6.45, 7) is 3.77. The number of carbonyl (C=O) groups excluding carboxylic acids is 1. The Labute approximate surface area is 117 Å². The number of hydrogen-bond acceptors (Lipinski definition) is 5. The minimum Gasteiger partial charge on any atom is -0.467 e. The highest BCUT2D eigenvalue weighted by Crippen LogP contribution is 2.25. The van der Waals surface area contributed by atoms with E-state index in [1.807, 2.05) is 38.1 Å². The molecule has 2 aromatic rings. The van der Waals surface area contributed by atoms with Crippen LogP contribution in [-0.2, 0) is 9.53 Å². The first-order valence-electron chi connectivity index (χ1n) is 6.48. The summed E-state index contributed by atoms with van der Waals surface area (Å²) in [6.07, 6.45) is 0.633. The molecule has 20 heavy (non-hydrogen) atoms. The Morgan fingerprint density at radius 3 is 2.80 bits per heavy atom. The van der Waals surface area contributed by atoms with Crippen LogP contribution in [0, 0.1) is 6.92 Å². The van der Waals surface area contributed by atoms with Gasteiger partial charge in [-0.25, -0.2) is 9.78 Å². The molecule has 0 amide bonds. The van der Waals surface area contributed by atoms with Crippen molar-refractivity contribution in [3.8, 4) is 11.4 Å². The van der Waals surface area contributed by atoms with E-state index in [0.29, 0.717) is 12.2 Å². The monoisotopic (exact) mass is 274 g/mol. The van der Waals surface area contributed by atoms with Crippen molar-refractivity contribution in [2.75, 3.05) is 12.4 Å². The Hall–Kier alpha value is -2.37. The number of para-hydroxylation sites is 1. The maximum absolute atomic E-state index is 11.7. The van der Waals surface area contributed by atoms with E-state index in [1.165, 1.54) is 7.11 Å². The largest absolute Gasteiger partial charge is 0.467 e. The summed E-state index contributed by atoms with van der Waals surface area (Å²) < 4.78 is 4.79. The van der Waals surface area contributed by atoms with Crippen LogP contribution in [0.5, 0.6) is 0 Å². The third-order valence-corrected chi connectivity index (χ3v) is 2.99. The van der Waals surface area contributed by atoms with Crippen molar-refractivity contribution in [2.45, 2.75) is 26.3 Å². The van der Waals surface area contributed by atoms with Gasteiger partial charge >= 0.3 is 5.97 Å². The maximum atomic E-state index is 11.7. The zero-order valence-corrected chi connectivity index (χ0v) is 11.8. The van der Waals surface area contributed by atoms with E-state index in [2.05, 4.69) is 20.5 Å². The predicted octanol–water partition coefficient (Wildman–Crippen LogP) is 2.14. The van der Waals surface area contributed by atoms with Crippen molar-refractivity contribution in [3.05, 3.63) is 30.1 Å². The molecule has 2 N–H and O–H groups in total. The average Bonchev–Trinajstić information content (AvgIpc) is 2.90. The third kappa shape index (κ3) is 2.96. The van der Waals surface area contributed by atoms with Crippen LogP contribution in [0.4, 0.5) is 5.69 Å². The van der Waals surface area contributed by atoms with Crippen molar-refractivity contribution in [1.82, 2.24) is 15.2 Å². The second-order valence-corrected chi connectivity index (χ2v) is 4.42. The summed E-state index contributed by atoms with van der Waals surface area (Å²) in [6, 6.07) is 7.23. The maximum Gasteiger partial charge on any atom is 0.328 e. The SMILES string of the molecule is CCC(Nc1ccccc1-c1n[nH]c(C)n1)C(=O)OC. The van der Waals surface area contributed by atoms with Crippen molar-refractivity contribution in [1.29, 1.82) is 0 Å². The molecule has 0 aliphatic carbocycles. The second-order valence-electron chi connectivity index (χ2n) is 4.42. The fraction of sp³-hybridized carbons (Fsp3) is 0.357. The molecule has 6 heteroatoms. The normalized spacial score (nSPS) is 11.9. The first-order valence-corrected chi connectivity index (χ1v) is 6.48. The summed E-state index contributed by atoms with van der Waals surface area (Å²) in [5, 5.41) is 10.2. The van der Waals surface area contributed by atoms with Gasteiger partial charge in [-0.3, -0.25) is 5.10 Å². The second kappa shape index (κ2) is 6.18. The van der Waals surface area contributed by atoms with E-state index in [1.54, 1.807) is 0 Å². The van der Waals surface area contributed by atoms with E-state index in [9.17, 15) is 4.79 Å². The molecule has 2 rings (SSSR count). The lowest BCUT2D eigenvalue weighted by Gasteiger charge is -2.17. The molecule has 1 atom stereocenters. The molecule has 1 heterocycles. The number of benzene rings is 1. The Bertz CT molecular complexity index is 594. The lowest BCUT2D eigenvalue weighted by Crippen LogP contribution is -2.30. The Morgan fingerprint density at radius 2 is 2.20 bits per heavy atom. The van der Waals surface area contributed by atoms with Gasteiger partial charge < -0.3 is 10.1 Å². The number of ether oxygens (including phenoxy) is 1. The number of esters is 1. The van der Waals surface area contributed by atoms with E-state index >= 15 is 0 Å². The predicted molar refractivity (Wildman–Crippen MR) is 76.3 cm³/mol. The Balaban J connectivity index is 2.30. The molecular formula is C14H18N4O2. The first kappa shape index (κ1) is 14.0. The molecule has 0 spiro atoms. The molecule has 0 bridgehead atoms. The van der Waals surface area contributed by atoms with Crippen molar-refractivity contribution >= 4 is 11.7 Å². The highest BCUT2D eigenvalue weighted by Gasteiger charge is 2.19. The zero-order chi connectivity index (χ0) is 14.5. The number of methoxy groups -OCH3 is 1. The van der Waals surface area contributed by atoms with Crippen LogP contribution in [0.15, 0.2) is 24.3 Å². The Kier molecular flexibility index (Phi) is 4.34. The molecule has 1 aromatic heterocycles. The molecular weight excluding hydrogens is 256 g/mol. The summed E-state index contributed by atoms with van der Waals surface area (Å²) >= 11 is 0. The van der Waals surface area contributed by atoms with Gasteiger partial charge in [0.05, 0.1) is 7.11 Å². The van der Waals surface area contributed by atoms with E-state index in [-0.39, 0.29) is 12.0 Å². The van der Waals surface area contributed by atoms with Gasteiger partial charge in [0, 0.05) is 11.3 Å². The number of H-pyrrole nitrogens is 1. The van der Waals surface area contributed by atoms with Crippen molar-refractivity contribution < 1.29 is 9.53 Å². The molecule has 0 fully saturated rings. The van der Waals surface area contributed by atoms with Crippen LogP contribution in [0.2, 0.25) is 0 Å². The number of hydrogen-bond donors (Lipinski definition) is 2. The molecule has 0 aliphatic heterocycles. The Morgan fingerprint density at radius 1 is 1.45 bits per heavy atom. The van der Waals surface area contributed by atoms with Crippen LogP contribution in [0.3, 0.4) is 0 Å². The number of aromatic amines is 1. The summed E-state index contributed by atoms with van der Waals surface area (Å²) in [4.78, 5) is 16.0. The third-order valence-electron chi connectivity index (χ3n) is 2.99. The van der Waals surface area contributed by atoms with E-state index < -0.39 is 0 Å². The molecule has 0 saturated heterocycles. The molecule has 0 aliphatic rings. The number of rotatable bonds is 5. The van der Waals surface area contributed by atoms with Gasteiger partial charge in [-0.2, -0.15) is 5.10 Å². The average molecular weight is 274 g/mol. The van der Waals surface area contributed by atoms with Crippen molar-refractivity contribution in [2.24, 2.45) is 0 Å². The summed E-state index contributed by atoms with van der Waals surface area (Å²) in [5.74, 6) is 1.06. The first-order chi connectivity index (χ1) is 9.65.